The van der Waals surface area contributed by atoms with Crippen LogP contribution in [0.1, 0.15) is 12.5 Å². The van der Waals surface area contributed by atoms with Gasteiger partial charge in [-0.2, -0.15) is 0 Å². The van der Waals surface area contributed by atoms with Gasteiger partial charge in [-0.3, -0.25) is 0 Å². The molecule has 82 valence electrons. The van der Waals surface area contributed by atoms with E-state index in [-0.39, 0.29) is 12.5 Å². The summed E-state index contributed by atoms with van der Waals surface area (Å²) >= 11 is 0. The van der Waals surface area contributed by atoms with Crippen LogP contribution in [0.5, 0.6) is 0 Å². The SMILES string of the molecule is C=C(CN)N=C(N)N=C(C)c1cc#ccc1. The van der Waals surface area contributed by atoms with Crippen LogP contribution in [-0.4, -0.2) is 18.2 Å². The lowest BCUT2D eigenvalue weighted by Gasteiger charge is -1.99. The van der Waals surface area contributed by atoms with Crippen molar-refractivity contribution in [3.63, 3.8) is 0 Å². The van der Waals surface area contributed by atoms with Gasteiger partial charge in [-0.1, -0.05) is 18.7 Å². The van der Waals surface area contributed by atoms with Crippen LogP contribution in [0.3, 0.4) is 0 Å². The van der Waals surface area contributed by atoms with Crippen LogP contribution in [0.2, 0.25) is 0 Å². The second-order valence-corrected chi connectivity index (χ2v) is 3.16. The molecule has 0 atom stereocenters. The first-order valence-electron chi connectivity index (χ1n) is 4.79. The van der Waals surface area contributed by atoms with Crippen LogP contribution < -0.4 is 11.5 Å². The van der Waals surface area contributed by atoms with Gasteiger partial charge in [0.05, 0.1) is 5.70 Å². The molecule has 4 heteroatoms. The highest BCUT2D eigenvalue weighted by atomic mass is 15.0. The standard InChI is InChI=1S/C12H14N4/c1-9(8-13)15-12(14)16-10(2)11-6-4-3-5-7-11/h4,6-7H,1,8,13H2,2H3,(H2,14,15). The average Bonchev–Trinajstić information content (AvgIpc) is 2.29. The fourth-order valence-electron chi connectivity index (χ4n) is 1.04. The summed E-state index contributed by atoms with van der Waals surface area (Å²) in [5, 5.41) is 0. The smallest absolute Gasteiger partial charge is 0.220 e. The Bertz CT molecular complexity index is 418. The number of rotatable bonds is 3. The molecule has 4 nitrogen and oxygen atoms in total. The molecule has 0 amide bonds. The van der Waals surface area contributed by atoms with Gasteiger partial charge >= 0.3 is 0 Å². The molecule has 0 radical (unpaired) electrons. The monoisotopic (exact) mass is 214 g/mol. The zero-order valence-electron chi connectivity index (χ0n) is 9.20. The summed E-state index contributed by atoms with van der Waals surface area (Å²) in [6, 6.07) is 11.1. The van der Waals surface area contributed by atoms with Gasteiger partial charge in [0.2, 0.25) is 5.96 Å². The Morgan fingerprint density at radius 3 is 2.75 bits per heavy atom. The molecule has 0 spiro atoms. The lowest BCUT2D eigenvalue weighted by molar-refractivity contribution is 1.11. The molecule has 0 aromatic heterocycles. The number of aliphatic imine (C=N–C) groups is 2. The number of hydrogen-bond acceptors (Lipinski definition) is 2. The van der Waals surface area contributed by atoms with Crippen LogP contribution in [0.15, 0.2) is 40.5 Å². The second kappa shape index (κ2) is 5.69. The van der Waals surface area contributed by atoms with Crippen molar-refractivity contribution in [3.8, 4) is 0 Å². The number of nitrogens with zero attached hydrogens (tertiary/aromatic N) is 2. The Kier molecular flexibility index (Phi) is 4.25. The fourth-order valence-corrected chi connectivity index (χ4v) is 1.04. The first-order chi connectivity index (χ1) is 7.63. The van der Waals surface area contributed by atoms with Gasteiger partial charge in [0, 0.05) is 17.8 Å². The third-order valence-corrected chi connectivity index (χ3v) is 1.87. The van der Waals surface area contributed by atoms with Crippen molar-refractivity contribution in [2.24, 2.45) is 21.5 Å². The summed E-state index contributed by atoms with van der Waals surface area (Å²) in [6.07, 6.45) is 0. The molecule has 0 aliphatic carbocycles. The van der Waals surface area contributed by atoms with Crippen molar-refractivity contribution in [3.05, 3.63) is 48.2 Å². The normalized spacial score (nSPS) is 12.1. The molecule has 0 unspecified atom stereocenters. The fraction of sp³-hybridized carbons (Fsp3) is 0.167. The molecule has 1 aromatic carbocycles. The van der Waals surface area contributed by atoms with Crippen molar-refractivity contribution >= 4 is 11.7 Å². The van der Waals surface area contributed by atoms with E-state index in [0.29, 0.717) is 5.70 Å². The number of nitrogens with two attached hydrogens (primary N) is 2. The zero-order chi connectivity index (χ0) is 12.0. The molecule has 0 aliphatic rings. The first kappa shape index (κ1) is 12.0. The Balaban J connectivity index is 2.85. The highest BCUT2D eigenvalue weighted by Gasteiger charge is 1.97. The predicted molar refractivity (Wildman–Crippen MR) is 66.1 cm³/mol. The van der Waals surface area contributed by atoms with E-state index in [9.17, 15) is 0 Å². The number of hydrogen-bond donors (Lipinski definition) is 2. The van der Waals surface area contributed by atoms with Gasteiger partial charge in [0.1, 0.15) is 0 Å². The maximum Gasteiger partial charge on any atom is 0.220 e. The van der Waals surface area contributed by atoms with Gasteiger partial charge in [0.25, 0.3) is 0 Å². The third kappa shape index (κ3) is 3.56. The van der Waals surface area contributed by atoms with Crippen molar-refractivity contribution in [1.82, 2.24) is 0 Å². The molecule has 4 N–H and O–H groups in total. The maximum absolute atomic E-state index is 5.62. The van der Waals surface area contributed by atoms with Crippen molar-refractivity contribution in [1.29, 1.82) is 0 Å². The molecule has 1 rings (SSSR count). The molecule has 0 bridgehead atoms. The maximum atomic E-state index is 5.62. The molecule has 1 aromatic rings. The largest absolute Gasteiger partial charge is 0.368 e. The summed E-state index contributed by atoms with van der Waals surface area (Å²) in [5.41, 5.74) is 13.1. The van der Waals surface area contributed by atoms with Crippen LogP contribution in [-0.2, 0) is 0 Å². The molecule has 0 saturated carbocycles. The summed E-state index contributed by atoms with van der Waals surface area (Å²) < 4.78 is 0. The van der Waals surface area contributed by atoms with Crippen molar-refractivity contribution in [2.75, 3.05) is 6.54 Å². The summed E-state index contributed by atoms with van der Waals surface area (Å²) in [4.78, 5) is 8.06. The van der Waals surface area contributed by atoms with Crippen LogP contribution in [0.25, 0.3) is 0 Å². The Hall–Kier alpha value is -2.12. The molecular formula is C12H14N4. The minimum atomic E-state index is 0.154. The summed E-state index contributed by atoms with van der Waals surface area (Å²) in [5.74, 6) is 0.154. The second-order valence-electron chi connectivity index (χ2n) is 3.16. The molecule has 0 aliphatic heterocycles. The highest BCUT2D eigenvalue weighted by molar-refractivity contribution is 6.05. The molecule has 0 fully saturated rings. The molecule has 16 heavy (non-hydrogen) atoms. The molecule has 0 saturated heterocycles. The van der Waals surface area contributed by atoms with Crippen LogP contribution in [0, 0.1) is 12.1 Å². The van der Waals surface area contributed by atoms with Crippen LogP contribution >= 0.6 is 0 Å². The van der Waals surface area contributed by atoms with E-state index < -0.39 is 0 Å². The summed E-state index contributed by atoms with van der Waals surface area (Å²) in [7, 11) is 0. The molecule has 0 heterocycles. The minimum absolute atomic E-state index is 0.154. The van der Waals surface area contributed by atoms with E-state index >= 15 is 0 Å². The highest BCUT2D eigenvalue weighted by Crippen LogP contribution is 1.98. The van der Waals surface area contributed by atoms with E-state index in [1.54, 1.807) is 12.1 Å². The average molecular weight is 214 g/mol. The predicted octanol–water partition coefficient (Wildman–Crippen LogP) is 0.883. The van der Waals surface area contributed by atoms with E-state index in [1.807, 2.05) is 13.0 Å². The van der Waals surface area contributed by atoms with Crippen LogP contribution in [0.4, 0.5) is 0 Å². The van der Waals surface area contributed by atoms with Gasteiger partial charge in [-0.15, -0.1) is 0 Å². The number of guanidine groups is 1. The lowest BCUT2D eigenvalue weighted by atomic mass is 10.2. The van der Waals surface area contributed by atoms with Gasteiger partial charge in [-0.05, 0) is 25.1 Å². The Morgan fingerprint density at radius 1 is 1.44 bits per heavy atom. The van der Waals surface area contributed by atoms with Crippen molar-refractivity contribution < 1.29 is 0 Å². The summed E-state index contributed by atoms with van der Waals surface area (Å²) in [6.45, 7) is 5.73. The Morgan fingerprint density at radius 2 is 2.19 bits per heavy atom. The van der Waals surface area contributed by atoms with E-state index in [2.05, 4.69) is 28.7 Å². The van der Waals surface area contributed by atoms with E-state index in [1.165, 1.54) is 0 Å². The lowest BCUT2D eigenvalue weighted by Crippen LogP contribution is -2.13. The van der Waals surface area contributed by atoms with E-state index in [4.69, 9.17) is 11.5 Å². The van der Waals surface area contributed by atoms with Gasteiger partial charge < -0.3 is 11.5 Å². The van der Waals surface area contributed by atoms with Crippen molar-refractivity contribution in [2.45, 2.75) is 6.92 Å². The third-order valence-electron chi connectivity index (χ3n) is 1.87. The topological polar surface area (TPSA) is 76.8 Å². The van der Waals surface area contributed by atoms with E-state index in [0.717, 1.165) is 11.3 Å². The van der Waals surface area contributed by atoms with Gasteiger partial charge in [-0.25, -0.2) is 9.98 Å². The quantitative estimate of drug-likeness (QED) is 0.579. The molecular weight excluding hydrogens is 200 g/mol. The minimum Gasteiger partial charge on any atom is -0.368 e. The first-order valence-corrected chi connectivity index (χ1v) is 4.79. The van der Waals surface area contributed by atoms with Gasteiger partial charge in [0.15, 0.2) is 0 Å². The zero-order valence-corrected chi connectivity index (χ0v) is 9.20. The Labute approximate surface area is 95.4 Å².